The lowest BCUT2D eigenvalue weighted by Gasteiger charge is -2.33. The molecule has 0 aliphatic carbocycles. The molecule has 1 fully saturated rings. The molecule has 0 bridgehead atoms. The first kappa shape index (κ1) is 32.2. The van der Waals surface area contributed by atoms with E-state index in [9.17, 15) is 9.59 Å². The molecule has 1 aliphatic heterocycles. The number of ether oxygens (including phenoxy) is 2. The van der Waals surface area contributed by atoms with E-state index in [0.29, 0.717) is 13.2 Å². The molecule has 1 saturated heterocycles. The summed E-state index contributed by atoms with van der Waals surface area (Å²) in [6.45, 7) is 20.2. The Kier molecular flexibility index (Phi) is 16.9. The van der Waals surface area contributed by atoms with E-state index in [1.165, 1.54) is 0 Å². The summed E-state index contributed by atoms with van der Waals surface area (Å²) in [5.41, 5.74) is -0.483. The van der Waals surface area contributed by atoms with Crippen molar-refractivity contribution < 1.29 is 23.6 Å². The largest absolute Gasteiger partial charge is 0.465 e. The maximum absolute atomic E-state index is 12.5. The van der Waals surface area contributed by atoms with Crippen molar-refractivity contribution in [2.75, 3.05) is 91.1 Å². The summed E-state index contributed by atoms with van der Waals surface area (Å²) in [6, 6.07) is 0. The van der Waals surface area contributed by atoms with Crippen LogP contribution in [0, 0.1) is 0 Å². The van der Waals surface area contributed by atoms with Gasteiger partial charge in [-0.15, -0.1) is 0 Å². The van der Waals surface area contributed by atoms with Gasteiger partial charge in [0, 0.05) is 73.4 Å². The number of hydrogen-bond donors (Lipinski definition) is 1. The maximum Gasteiger partial charge on any atom is 0.320 e. The molecule has 35 heavy (non-hydrogen) atoms. The Morgan fingerprint density at radius 2 is 1.43 bits per heavy atom. The van der Waals surface area contributed by atoms with Gasteiger partial charge in [0.05, 0.1) is 19.7 Å². The summed E-state index contributed by atoms with van der Waals surface area (Å²) in [6.07, 6.45) is 3.82. The number of carbonyl (C=O) groups excluding carboxylic acids is 2. The highest BCUT2D eigenvalue weighted by atomic mass is 31.1. The molecule has 0 saturated carbocycles. The van der Waals surface area contributed by atoms with Gasteiger partial charge in [0.1, 0.15) is 5.60 Å². The average molecular weight is 519 g/mol. The minimum absolute atomic E-state index is 0.147. The van der Waals surface area contributed by atoms with Gasteiger partial charge in [0.15, 0.2) is 0 Å². The zero-order chi connectivity index (χ0) is 26.1. The van der Waals surface area contributed by atoms with E-state index < -0.39 is 13.7 Å². The molecule has 1 N–H and O–H groups in total. The van der Waals surface area contributed by atoms with Crippen LogP contribution in [0.5, 0.6) is 0 Å². The fourth-order valence-electron chi connectivity index (χ4n) is 3.71. The Morgan fingerprint density at radius 1 is 0.857 bits per heavy atom. The first-order valence-corrected chi connectivity index (χ1v) is 14.9. The highest BCUT2D eigenvalue weighted by Crippen LogP contribution is 2.36. The number of esters is 2. The van der Waals surface area contributed by atoms with E-state index in [1.54, 1.807) is 0 Å². The van der Waals surface area contributed by atoms with Crippen LogP contribution in [0.1, 0.15) is 54.4 Å². The van der Waals surface area contributed by atoms with Crippen molar-refractivity contribution in [1.82, 2.24) is 20.0 Å². The van der Waals surface area contributed by atoms with Gasteiger partial charge in [-0.1, -0.05) is 20.3 Å². The molecule has 9 nitrogen and oxygen atoms in total. The minimum Gasteiger partial charge on any atom is -0.465 e. The molecule has 0 amide bonds. The first-order chi connectivity index (χ1) is 16.7. The summed E-state index contributed by atoms with van der Waals surface area (Å²) in [7, 11) is -0.526. The van der Waals surface area contributed by atoms with Crippen LogP contribution >= 0.6 is 8.15 Å². The predicted molar refractivity (Wildman–Crippen MR) is 143 cm³/mol. The molecule has 1 rings (SSSR count). The van der Waals surface area contributed by atoms with E-state index in [0.717, 1.165) is 84.3 Å². The van der Waals surface area contributed by atoms with Gasteiger partial charge < -0.3 is 19.3 Å². The van der Waals surface area contributed by atoms with Gasteiger partial charge in [0.25, 0.3) is 0 Å². The van der Waals surface area contributed by atoms with Crippen LogP contribution in [-0.4, -0.2) is 123 Å². The number of carbonyl (C=O) groups is 2. The molecule has 0 aromatic heterocycles. The maximum atomic E-state index is 12.5. The lowest BCUT2D eigenvalue weighted by atomic mass is 10.2. The number of hydrogen-bond acceptors (Lipinski definition) is 9. The molecule has 0 spiro atoms. The average Bonchev–Trinajstić information content (AvgIpc) is 2.77. The summed E-state index contributed by atoms with van der Waals surface area (Å²) in [5.74, 6) is -0.334. The van der Waals surface area contributed by atoms with Crippen LogP contribution in [0.25, 0.3) is 0 Å². The monoisotopic (exact) mass is 518 g/mol. The van der Waals surface area contributed by atoms with Crippen molar-refractivity contribution in [2.24, 2.45) is 0 Å². The molecule has 0 aromatic rings. The van der Waals surface area contributed by atoms with Crippen molar-refractivity contribution in [3.8, 4) is 0 Å². The first-order valence-electron chi connectivity index (χ1n) is 13.3. The molecule has 206 valence electrons. The Morgan fingerprint density at radius 3 is 1.94 bits per heavy atom. The summed E-state index contributed by atoms with van der Waals surface area (Å²) in [4.78, 5) is 31.6. The topological polar surface area (TPSA) is 83.6 Å². The van der Waals surface area contributed by atoms with Crippen LogP contribution in [0.2, 0.25) is 0 Å². The SMILES string of the molecule is CCCCOC(=O)CN1CCNCCN(CC(=O)OC(C)(C)C)CCN(CP(CC)OCC)CC1. The summed E-state index contributed by atoms with van der Waals surface area (Å²) >= 11 is 0. The van der Waals surface area contributed by atoms with E-state index in [4.69, 9.17) is 14.0 Å². The van der Waals surface area contributed by atoms with Crippen molar-refractivity contribution in [3.63, 3.8) is 0 Å². The van der Waals surface area contributed by atoms with Crippen molar-refractivity contribution in [1.29, 1.82) is 0 Å². The number of nitrogens with one attached hydrogen (secondary N) is 1. The van der Waals surface area contributed by atoms with E-state index >= 15 is 0 Å². The zero-order valence-electron chi connectivity index (χ0n) is 23.1. The van der Waals surface area contributed by atoms with E-state index in [-0.39, 0.29) is 18.5 Å². The fraction of sp³-hybridized carbons (Fsp3) is 0.920. The molecule has 0 radical (unpaired) electrons. The highest BCUT2D eigenvalue weighted by molar-refractivity contribution is 7.52. The molecule has 1 unspecified atom stereocenters. The minimum atomic E-state index is -0.526. The third-order valence-electron chi connectivity index (χ3n) is 5.58. The molecule has 10 heteroatoms. The predicted octanol–water partition coefficient (Wildman–Crippen LogP) is 2.59. The third kappa shape index (κ3) is 16.5. The smallest absolute Gasteiger partial charge is 0.320 e. The van der Waals surface area contributed by atoms with Crippen molar-refractivity contribution in [3.05, 3.63) is 0 Å². The van der Waals surface area contributed by atoms with Crippen LogP contribution in [0.3, 0.4) is 0 Å². The fourth-order valence-corrected chi connectivity index (χ4v) is 5.27. The number of rotatable bonds is 12. The van der Waals surface area contributed by atoms with Crippen molar-refractivity contribution in [2.45, 2.75) is 60.0 Å². The van der Waals surface area contributed by atoms with E-state index in [2.05, 4.69) is 33.9 Å². The second-order valence-electron chi connectivity index (χ2n) is 9.94. The molecule has 1 heterocycles. The quantitative estimate of drug-likeness (QED) is 0.238. The van der Waals surface area contributed by atoms with Crippen molar-refractivity contribution >= 4 is 20.1 Å². The van der Waals surface area contributed by atoms with Gasteiger partial charge >= 0.3 is 11.9 Å². The Balaban J connectivity index is 2.80. The van der Waals surface area contributed by atoms with Crippen LogP contribution in [0.4, 0.5) is 0 Å². The highest BCUT2D eigenvalue weighted by Gasteiger charge is 2.22. The van der Waals surface area contributed by atoms with Gasteiger partial charge in [-0.05, 0) is 40.3 Å². The second kappa shape index (κ2) is 18.4. The lowest BCUT2D eigenvalue weighted by Crippen LogP contribution is -2.47. The van der Waals surface area contributed by atoms with Gasteiger partial charge in [-0.2, -0.15) is 0 Å². The number of unbranched alkanes of at least 4 members (excludes halogenated alkanes) is 1. The second-order valence-corrected chi connectivity index (χ2v) is 12.1. The third-order valence-corrected chi connectivity index (χ3v) is 7.63. The van der Waals surface area contributed by atoms with Gasteiger partial charge in [-0.3, -0.25) is 24.3 Å². The van der Waals surface area contributed by atoms with Crippen LogP contribution < -0.4 is 5.32 Å². The molecule has 1 atom stereocenters. The zero-order valence-corrected chi connectivity index (χ0v) is 24.0. The molecule has 1 aliphatic rings. The normalized spacial score (nSPS) is 18.9. The van der Waals surface area contributed by atoms with Crippen LogP contribution in [-0.2, 0) is 23.6 Å². The standard InChI is InChI=1S/C25H51N4O5P/c1-7-10-19-32-23(30)20-27-13-11-26-12-14-28(21-24(31)34-25(4,5)6)16-18-29(17-15-27)22-35(9-3)33-8-2/h26H,7-22H2,1-6H3. The Hall–Kier alpha value is -0.830. The molecular formula is C25H51N4O5P. The van der Waals surface area contributed by atoms with E-state index in [1.807, 2.05) is 27.7 Å². The lowest BCUT2D eigenvalue weighted by molar-refractivity contribution is -0.156. The molecular weight excluding hydrogens is 467 g/mol. The van der Waals surface area contributed by atoms with Gasteiger partial charge in [-0.25, -0.2) is 0 Å². The van der Waals surface area contributed by atoms with Gasteiger partial charge in [0.2, 0.25) is 0 Å². The summed E-state index contributed by atoms with van der Waals surface area (Å²) < 4.78 is 17.0. The Bertz CT molecular complexity index is 591. The Labute approximate surface area is 215 Å². The number of nitrogens with zero attached hydrogens (tertiary/aromatic N) is 3. The summed E-state index contributed by atoms with van der Waals surface area (Å²) in [5, 5.41) is 3.46. The molecule has 0 aromatic carbocycles. The van der Waals surface area contributed by atoms with Crippen LogP contribution in [0.15, 0.2) is 0 Å².